The van der Waals surface area contributed by atoms with Gasteiger partial charge in [-0.2, -0.15) is 0 Å². The standard InChI is InChI=1S/C24H18N.C16H13.C2H6Si.2ClH.Zr/c1-3-9-22-19(7-1)20-8-2-4-10-23(20)25(22)24-11-5-6-17-14-18(15-21(17)24)16-12-13-16;1-12-10-14-8-5-9-15(16(14)11-12)13-6-3-2-4-7-13;1-3-2;;;/h1-11,14-16H,12-13H2;2-11H,1H3;1-2H3;2*1H;/q;;;;;+2/p-2. The van der Waals surface area contributed by atoms with Gasteiger partial charge in [-0.25, -0.2) is 0 Å². The SMILES string of the molecule is CC1=Cc2c(-c3ccccc3)cccc2[CH]1[Zr+2]([CH]1C(C2CC2)=Cc2c1cccc2-n1c2ccccc2c2ccccc21)=[Si](C)C.[Cl-].[Cl-]. The van der Waals surface area contributed by atoms with E-state index in [1.54, 1.807) is 22.3 Å². The van der Waals surface area contributed by atoms with Crippen molar-refractivity contribution in [2.45, 2.75) is 40.1 Å². The molecule has 5 heteroatoms. The molecule has 232 valence electrons. The summed E-state index contributed by atoms with van der Waals surface area (Å²) in [7, 11) is 0. The Bertz CT molecular complexity index is 2220. The summed E-state index contributed by atoms with van der Waals surface area (Å²) in [6.07, 6.45) is 7.98. The van der Waals surface area contributed by atoms with Gasteiger partial charge in [0.1, 0.15) is 0 Å². The molecule has 0 N–H and O–H groups in total. The van der Waals surface area contributed by atoms with Crippen molar-refractivity contribution in [1.29, 1.82) is 0 Å². The third-order valence-corrected chi connectivity index (χ3v) is 30.1. The molecule has 5 aromatic carbocycles. The molecule has 0 aliphatic heterocycles. The molecule has 3 aliphatic carbocycles. The van der Waals surface area contributed by atoms with E-state index in [-0.39, 0.29) is 24.8 Å². The minimum atomic E-state index is -2.19. The van der Waals surface area contributed by atoms with E-state index >= 15 is 0 Å². The Morgan fingerprint density at radius 2 is 1.21 bits per heavy atom. The van der Waals surface area contributed by atoms with Crippen molar-refractivity contribution in [2.24, 2.45) is 5.92 Å². The van der Waals surface area contributed by atoms with Gasteiger partial charge in [-0.15, -0.1) is 0 Å². The molecule has 1 aromatic heterocycles. The first-order valence-corrected chi connectivity index (χ1v) is 25.5. The van der Waals surface area contributed by atoms with Gasteiger partial charge in [0.2, 0.25) is 0 Å². The number of hydrogen-bond donors (Lipinski definition) is 0. The molecule has 0 bridgehead atoms. The van der Waals surface area contributed by atoms with Crippen LogP contribution in [0.4, 0.5) is 0 Å². The fraction of sp³-hybridized carbons (Fsp3) is 0.190. The molecule has 0 radical (unpaired) electrons. The van der Waals surface area contributed by atoms with Gasteiger partial charge in [0.15, 0.2) is 0 Å². The van der Waals surface area contributed by atoms with Crippen LogP contribution >= 0.6 is 0 Å². The summed E-state index contributed by atoms with van der Waals surface area (Å²) >= 11 is -2.19. The van der Waals surface area contributed by atoms with Gasteiger partial charge >= 0.3 is 276 Å². The van der Waals surface area contributed by atoms with Crippen LogP contribution in [0.2, 0.25) is 13.1 Å². The predicted molar refractivity (Wildman–Crippen MR) is 190 cm³/mol. The average Bonchev–Trinajstić information content (AvgIpc) is 3.66. The monoisotopic (exact) mass is 743 g/mol. The van der Waals surface area contributed by atoms with Crippen LogP contribution in [0.5, 0.6) is 0 Å². The minimum Gasteiger partial charge on any atom is -1.00 e. The second-order valence-corrected chi connectivity index (χ2v) is 31.3. The van der Waals surface area contributed by atoms with Crippen LogP contribution in [0.25, 0.3) is 50.8 Å². The Kier molecular flexibility index (Phi) is 8.90. The Labute approximate surface area is 298 Å². The molecule has 3 aliphatic rings. The second-order valence-electron chi connectivity index (χ2n) is 13.5. The minimum absolute atomic E-state index is 0. The number of benzene rings is 5. The van der Waals surface area contributed by atoms with Crippen molar-refractivity contribution >= 4 is 39.4 Å². The molecular formula is C42H37Cl2NSiZr. The number of fused-ring (bicyclic) bond motifs is 5. The zero-order valence-electron chi connectivity index (χ0n) is 27.0. The number of aromatic nitrogens is 1. The van der Waals surface area contributed by atoms with E-state index in [0.717, 1.165) is 5.92 Å². The summed E-state index contributed by atoms with van der Waals surface area (Å²) < 4.78 is 3.86. The van der Waals surface area contributed by atoms with E-state index in [1.807, 2.05) is 0 Å². The maximum atomic E-state index is 2.69. The Morgan fingerprint density at radius 1 is 0.617 bits per heavy atom. The zero-order valence-corrected chi connectivity index (χ0v) is 31.9. The van der Waals surface area contributed by atoms with Crippen molar-refractivity contribution < 1.29 is 45.2 Å². The van der Waals surface area contributed by atoms with E-state index in [0.29, 0.717) is 7.25 Å². The summed E-state index contributed by atoms with van der Waals surface area (Å²) in [4.78, 5) is 0. The molecule has 2 atom stereocenters. The van der Waals surface area contributed by atoms with Crippen LogP contribution in [-0.4, -0.2) is 10.0 Å². The molecular weight excluding hydrogens is 709 g/mol. The van der Waals surface area contributed by atoms with Gasteiger partial charge in [-0.05, 0) is 0 Å². The smallest absolute Gasteiger partial charge is 1.00 e. The average molecular weight is 746 g/mol. The topological polar surface area (TPSA) is 4.93 Å². The third kappa shape index (κ3) is 5.21. The van der Waals surface area contributed by atoms with Crippen LogP contribution in [0, 0.1) is 5.92 Å². The van der Waals surface area contributed by atoms with Gasteiger partial charge in [-0.1, -0.05) is 0 Å². The normalized spacial score (nSPS) is 17.6. The maximum Gasteiger partial charge on any atom is -1.00 e. The molecule has 2 unspecified atom stereocenters. The Morgan fingerprint density at radius 3 is 1.85 bits per heavy atom. The van der Waals surface area contributed by atoms with Gasteiger partial charge < -0.3 is 24.8 Å². The summed E-state index contributed by atoms with van der Waals surface area (Å²) in [6, 6.07) is 43.4. The Hall–Kier alpha value is -2.94. The molecule has 1 heterocycles. The maximum absolute atomic E-state index is 2.69. The quantitative estimate of drug-likeness (QED) is 0.211. The van der Waals surface area contributed by atoms with Gasteiger partial charge in [0.05, 0.1) is 0 Å². The summed E-state index contributed by atoms with van der Waals surface area (Å²) in [5.41, 5.74) is 15.9. The van der Waals surface area contributed by atoms with E-state index in [2.05, 4.69) is 152 Å². The predicted octanol–water partition coefficient (Wildman–Crippen LogP) is 5.33. The summed E-state index contributed by atoms with van der Waals surface area (Å²) in [5.74, 6) is 0.770. The number of hydrogen-bond acceptors (Lipinski definition) is 0. The van der Waals surface area contributed by atoms with Crippen molar-refractivity contribution in [1.82, 2.24) is 4.57 Å². The van der Waals surface area contributed by atoms with Gasteiger partial charge in [0, 0.05) is 0 Å². The first-order valence-electron chi connectivity index (χ1n) is 16.5. The van der Waals surface area contributed by atoms with Crippen molar-refractivity contribution in [3.05, 3.63) is 149 Å². The van der Waals surface area contributed by atoms with Crippen LogP contribution in [0.3, 0.4) is 0 Å². The molecule has 1 saturated carbocycles. The largest absolute Gasteiger partial charge is 1.00 e. The third-order valence-electron chi connectivity index (χ3n) is 10.5. The molecule has 0 spiro atoms. The molecule has 0 saturated heterocycles. The molecule has 0 amide bonds. The number of allylic oxidation sites excluding steroid dienone is 2. The fourth-order valence-corrected chi connectivity index (χ4v) is 29.1. The molecule has 1 fully saturated rings. The van der Waals surface area contributed by atoms with Gasteiger partial charge in [-0.3, -0.25) is 0 Å². The molecule has 9 rings (SSSR count). The van der Waals surface area contributed by atoms with Crippen molar-refractivity contribution in [3.8, 4) is 16.8 Å². The number of halogens is 2. The Balaban J connectivity index is 0.00000176. The van der Waals surface area contributed by atoms with Crippen LogP contribution in [-0.2, 0) is 20.4 Å². The second kappa shape index (κ2) is 12.8. The first-order chi connectivity index (χ1) is 22.1. The van der Waals surface area contributed by atoms with Crippen molar-refractivity contribution in [3.63, 3.8) is 0 Å². The first kappa shape index (κ1) is 32.6. The van der Waals surface area contributed by atoms with E-state index < -0.39 is 25.8 Å². The molecule has 1 nitrogen and oxygen atoms in total. The molecule has 6 aromatic rings. The van der Waals surface area contributed by atoms with Gasteiger partial charge in [0.25, 0.3) is 0 Å². The van der Waals surface area contributed by atoms with Crippen molar-refractivity contribution in [2.75, 3.05) is 0 Å². The van der Waals surface area contributed by atoms with E-state index in [4.69, 9.17) is 0 Å². The summed E-state index contributed by atoms with van der Waals surface area (Å²) in [5, 5.41) is 2.68. The van der Waals surface area contributed by atoms with Crippen LogP contribution in [0.1, 0.15) is 49.3 Å². The van der Waals surface area contributed by atoms with E-state index in [9.17, 15) is 0 Å². The fourth-order valence-electron chi connectivity index (χ4n) is 8.48. The number of nitrogens with zero attached hydrogens (tertiary/aromatic N) is 1. The number of para-hydroxylation sites is 2. The zero-order chi connectivity index (χ0) is 30.2. The van der Waals surface area contributed by atoms with Crippen LogP contribution < -0.4 is 24.8 Å². The molecule has 47 heavy (non-hydrogen) atoms. The van der Waals surface area contributed by atoms with E-state index in [1.165, 1.54) is 62.6 Å². The summed E-state index contributed by atoms with van der Waals surface area (Å²) in [6.45, 7) is 7.77. The van der Waals surface area contributed by atoms with Crippen LogP contribution in [0.15, 0.2) is 126 Å². The number of rotatable bonds is 5.